The van der Waals surface area contributed by atoms with Crippen LogP contribution in [-0.4, -0.2) is 15.9 Å². The fourth-order valence-corrected chi connectivity index (χ4v) is 2.79. The second-order valence-electron chi connectivity index (χ2n) is 5.13. The van der Waals surface area contributed by atoms with Gasteiger partial charge >= 0.3 is 0 Å². The van der Waals surface area contributed by atoms with Crippen molar-refractivity contribution in [1.29, 1.82) is 5.26 Å². The molecule has 0 saturated carbocycles. The normalized spacial score (nSPS) is 11.0. The van der Waals surface area contributed by atoms with Gasteiger partial charge in [0.1, 0.15) is 17.3 Å². The van der Waals surface area contributed by atoms with E-state index < -0.39 is 5.56 Å². The number of halogens is 2. The van der Waals surface area contributed by atoms with E-state index in [1.165, 1.54) is 10.8 Å². The van der Waals surface area contributed by atoms with Gasteiger partial charge in [-0.3, -0.25) is 14.4 Å². The molecule has 124 valence electrons. The third kappa shape index (κ3) is 3.30. The molecule has 2 aromatic rings. The minimum absolute atomic E-state index is 0.0204. The van der Waals surface area contributed by atoms with Gasteiger partial charge in [0.25, 0.3) is 5.56 Å². The first-order chi connectivity index (χ1) is 11.4. The predicted molar refractivity (Wildman–Crippen MR) is 95.8 cm³/mol. The lowest BCUT2D eigenvalue weighted by Crippen LogP contribution is -2.25. The van der Waals surface area contributed by atoms with Crippen LogP contribution >= 0.6 is 23.2 Å². The summed E-state index contributed by atoms with van der Waals surface area (Å²) in [5, 5.41) is 20.4. The van der Waals surface area contributed by atoms with Gasteiger partial charge in [-0.15, -0.1) is 0 Å². The van der Waals surface area contributed by atoms with Gasteiger partial charge in [0.15, 0.2) is 0 Å². The molecule has 0 saturated heterocycles. The number of pyridine rings is 1. The van der Waals surface area contributed by atoms with Gasteiger partial charge < -0.3 is 5.11 Å². The number of aromatic hydroxyl groups is 1. The van der Waals surface area contributed by atoms with Gasteiger partial charge in [-0.25, -0.2) is 0 Å². The van der Waals surface area contributed by atoms with Crippen molar-refractivity contribution >= 4 is 35.1 Å². The Labute approximate surface area is 149 Å². The summed E-state index contributed by atoms with van der Waals surface area (Å²) in [7, 11) is 0. The summed E-state index contributed by atoms with van der Waals surface area (Å²) >= 11 is 12.1. The van der Waals surface area contributed by atoms with Gasteiger partial charge in [0, 0.05) is 12.8 Å². The summed E-state index contributed by atoms with van der Waals surface area (Å²) in [4.78, 5) is 16.5. The van der Waals surface area contributed by atoms with Crippen molar-refractivity contribution in [1.82, 2.24) is 4.57 Å². The van der Waals surface area contributed by atoms with Crippen LogP contribution in [0, 0.1) is 18.3 Å². The van der Waals surface area contributed by atoms with Crippen LogP contribution in [0.5, 0.6) is 5.88 Å². The highest BCUT2D eigenvalue weighted by Crippen LogP contribution is 2.33. The van der Waals surface area contributed by atoms with E-state index in [-0.39, 0.29) is 17.0 Å². The molecule has 1 heterocycles. The molecule has 0 spiro atoms. The third-order valence-electron chi connectivity index (χ3n) is 3.55. The Morgan fingerprint density at radius 3 is 2.54 bits per heavy atom. The topological polar surface area (TPSA) is 78.4 Å². The zero-order valence-electron chi connectivity index (χ0n) is 13.2. The van der Waals surface area contributed by atoms with Crippen LogP contribution in [-0.2, 0) is 6.54 Å². The van der Waals surface area contributed by atoms with Crippen LogP contribution in [0.3, 0.4) is 0 Å². The van der Waals surface area contributed by atoms with Crippen LogP contribution in [0.15, 0.2) is 28.0 Å². The molecule has 1 N–H and O–H groups in total. The molecular formula is C17H15Cl2N3O2. The van der Waals surface area contributed by atoms with Crippen LogP contribution in [0.1, 0.15) is 30.0 Å². The highest BCUT2D eigenvalue weighted by atomic mass is 35.5. The number of hydrogen-bond donors (Lipinski definition) is 1. The summed E-state index contributed by atoms with van der Waals surface area (Å²) in [6.07, 6.45) is 2.00. The minimum Gasteiger partial charge on any atom is -0.494 e. The van der Waals surface area contributed by atoms with E-state index in [0.29, 0.717) is 34.3 Å². The molecule has 0 amide bonds. The molecule has 1 aromatic carbocycles. The monoisotopic (exact) mass is 363 g/mol. The Bertz CT molecular complexity index is 891. The molecule has 0 aliphatic carbocycles. The Kier molecular flexibility index (Phi) is 5.66. The van der Waals surface area contributed by atoms with Crippen LogP contribution in [0.4, 0.5) is 5.69 Å². The second-order valence-corrected chi connectivity index (χ2v) is 5.95. The number of rotatable bonds is 4. The number of aliphatic imine (C=N–C) groups is 1. The Balaban J connectivity index is 2.67. The molecule has 1 aromatic heterocycles. The van der Waals surface area contributed by atoms with E-state index in [2.05, 4.69) is 4.99 Å². The third-order valence-corrected chi connectivity index (χ3v) is 4.16. The zero-order valence-corrected chi connectivity index (χ0v) is 14.7. The molecule has 2 rings (SSSR count). The number of nitrogens with zero attached hydrogens (tertiary/aromatic N) is 3. The lowest BCUT2D eigenvalue weighted by molar-refractivity contribution is 0.403. The first-order valence-corrected chi connectivity index (χ1v) is 8.02. The highest BCUT2D eigenvalue weighted by molar-refractivity contribution is 6.38. The van der Waals surface area contributed by atoms with E-state index in [0.717, 1.165) is 0 Å². The van der Waals surface area contributed by atoms with Gasteiger partial charge in [-0.2, -0.15) is 5.26 Å². The molecule has 0 radical (unpaired) electrons. The van der Waals surface area contributed by atoms with Crippen molar-refractivity contribution in [2.24, 2.45) is 4.99 Å². The molecule has 0 atom stereocenters. The van der Waals surface area contributed by atoms with Crippen molar-refractivity contribution in [3.8, 4) is 11.9 Å². The maximum absolute atomic E-state index is 12.3. The molecule has 0 fully saturated rings. The SMILES string of the molecule is CCCn1c(O)c(C=Nc2c(Cl)cccc2Cl)c(C)c(C#N)c1=O. The molecule has 5 nitrogen and oxygen atoms in total. The van der Waals surface area contributed by atoms with Crippen LogP contribution in [0.25, 0.3) is 0 Å². The molecule has 7 heteroatoms. The first-order valence-electron chi connectivity index (χ1n) is 7.26. The van der Waals surface area contributed by atoms with E-state index >= 15 is 0 Å². The summed E-state index contributed by atoms with van der Waals surface area (Å²) in [5.41, 5.74) is 0.469. The second kappa shape index (κ2) is 7.52. The summed E-state index contributed by atoms with van der Waals surface area (Å²) in [5.74, 6) is -0.231. The van der Waals surface area contributed by atoms with Crippen molar-refractivity contribution in [3.05, 3.63) is 55.3 Å². The minimum atomic E-state index is -0.512. The van der Waals surface area contributed by atoms with Crippen molar-refractivity contribution in [2.75, 3.05) is 0 Å². The maximum atomic E-state index is 12.3. The largest absolute Gasteiger partial charge is 0.494 e. The lowest BCUT2D eigenvalue weighted by Gasteiger charge is -2.13. The summed E-state index contributed by atoms with van der Waals surface area (Å²) in [6, 6.07) is 6.88. The smallest absolute Gasteiger partial charge is 0.271 e. The molecule has 0 unspecified atom stereocenters. The predicted octanol–water partition coefficient (Wildman–Crippen LogP) is 4.20. The standard InChI is InChI=1S/C17H15Cl2N3O2/c1-3-7-22-16(23)11(8-20)10(2)12(17(22)24)9-21-15-13(18)5-4-6-14(15)19/h4-6,9,24H,3,7H2,1-2H3. The van der Waals surface area contributed by atoms with Gasteiger partial charge in [0.2, 0.25) is 5.88 Å². The lowest BCUT2D eigenvalue weighted by atomic mass is 10.1. The Morgan fingerprint density at radius 2 is 2.00 bits per heavy atom. The number of para-hydroxylation sites is 1. The molecule has 0 bridgehead atoms. The fraction of sp³-hybridized carbons (Fsp3) is 0.235. The van der Waals surface area contributed by atoms with Crippen molar-refractivity contribution in [2.45, 2.75) is 26.8 Å². The Morgan fingerprint density at radius 1 is 1.38 bits per heavy atom. The van der Waals surface area contributed by atoms with Gasteiger partial charge in [0.05, 0.1) is 15.6 Å². The van der Waals surface area contributed by atoms with Gasteiger partial charge in [-0.05, 0) is 31.0 Å². The van der Waals surface area contributed by atoms with Crippen LogP contribution < -0.4 is 5.56 Å². The molecule has 0 aliphatic rings. The Hall–Kier alpha value is -2.29. The summed E-state index contributed by atoms with van der Waals surface area (Å²) < 4.78 is 1.17. The van der Waals surface area contributed by atoms with Crippen molar-refractivity contribution in [3.63, 3.8) is 0 Å². The van der Waals surface area contributed by atoms with Crippen LogP contribution in [0.2, 0.25) is 10.0 Å². The number of benzene rings is 1. The highest BCUT2D eigenvalue weighted by Gasteiger charge is 2.17. The van der Waals surface area contributed by atoms with Crippen molar-refractivity contribution < 1.29 is 5.11 Å². The zero-order chi connectivity index (χ0) is 17.9. The molecule has 0 aliphatic heterocycles. The van der Waals surface area contributed by atoms with E-state index in [9.17, 15) is 15.2 Å². The fourth-order valence-electron chi connectivity index (χ4n) is 2.30. The molecular weight excluding hydrogens is 349 g/mol. The maximum Gasteiger partial charge on any atom is 0.271 e. The van der Waals surface area contributed by atoms with E-state index in [1.807, 2.05) is 13.0 Å². The summed E-state index contributed by atoms with van der Waals surface area (Å²) in [6.45, 7) is 3.76. The first kappa shape index (κ1) is 18.1. The number of aromatic nitrogens is 1. The average molecular weight is 364 g/mol. The number of hydrogen-bond acceptors (Lipinski definition) is 4. The van der Waals surface area contributed by atoms with E-state index in [1.54, 1.807) is 25.1 Å². The van der Waals surface area contributed by atoms with E-state index in [4.69, 9.17) is 23.2 Å². The van der Waals surface area contributed by atoms with Gasteiger partial charge in [-0.1, -0.05) is 36.2 Å². The number of nitriles is 1. The molecule has 24 heavy (non-hydrogen) atoms. The quantitative estimate of drug-likeness (QED) is 0.826. The average Bonchev–Trinajstić information content (AvgIpc) is 2.54.